The van der Waals surface area contributed by atoms with Crippen molar-refractivity contribution in [3.05, 3.63) is 59.1 Å². The van der Waals surface area contributed by atoms with Gasteiger partial charge in [-0.15, -0.1) is 0 Å². The number of hydrogen-bond donors (Lipinski definition) is 3. The normalized spacial score (nSPS) is 10.2. The van der Waals surface area contributed by atoms with Gasteiger partial charge in [0, 0.05) is 35.6 Å². The summed E-state index contributed by atoms with van der Waals surface area (Å²) in [6, 6.07) is 13.8. The highest BCUT2D eigenvalue weighted by Crippen LogP contribution is 2.14. The number of carbonyl (C=O) groups excluding carboxylic acids is 2. The zero-order valence-electron chi connectivity index (χ0n) is 13.8. The Hall–Kier alpha value is -2.57. The van der Waals surface area contributed by atoms with Crippen LogP contribution in [0.4, 0.5) is 11.4 Å². The van der Waals surface area contributed by atoms with Gasteiger partial charge in [-0.05, 0) is 42.5 Å². The summed E-state index contributed by atoms with van der Waals surface area (Å²) in [5.41, 5.74) is 1.83. The number of benzene rings is 2. The van der Waals surface area contributed by atoms with E-state index in [0.717, 1.165) is 5.69 Å². The highest BCUT2D eigenvalue weighted by molar-refractivity contribution is 6.30. The number of halogens is 1. The minimum absolute atomic E-state index is 0.103. The van der Waals surface area contributed by atoms with Crippen LogP contribution < -0.4 is 16.0 Å². The SMILES string of the molecule is COCCNC(=O)c1cccc(NC(=O)CNc2ccc(Cl)cc2)c1. The third-order valence-electron chi connectivity index (χ3n) is 3.30. The second-order valence-corrected chi connectivity index (χ2v) is 5.67. The Bertz CT molecular complexity index is 720. The predicted octanol–water partition coefficient (Wildman–Crippen LogP) is 2.77. The molecule has 0 heterocycles. The van der Waals surface area contributed by atoms with Gasteiger partial charge in [0.15, 0.2) is 0 Å². The van der Waals surface area contributed by atoms with E-state index in [1.165, 1.54) is 0 Å². The monoisotopic (exact) mass is 361 g/mol. The van der Waals surface area contributed by atoms with E-state index in [0.29, 0.717) is 29.4 Å². The summed E-state index contributed by atoms with van der Waals surface area (Å²) in [6.45, 7) is 0.974. The van der Waals surface area contributed by atoms with Gasteiger partial charge in [-0.25, -0.2) is 0 Å². The first-order valence-corrected chi connectivity index (χ1v) is 8.13. The second-order valence-electron chi connectivity index (χ2n) is 5.24. The van der Waals surface area contributed by atoms with Crippen LogP contribution in [0.5, 0.6) is 0 Å². The molecule has 2 aromatic rings. The fraction of sp³-hybridized carbons (Fsp3) is 0.222. The van der Waals surface area contributed by atoms with Crippen molar-refractivity contribution in [3.8, 4) is 0 Å². The molecule has 6 nitrogen and oxygen atoms in total. The molecular formula is C18H20ClN3O3. The third-order valence-corrected chi connectivity index (χ3v) is 3.55. The molecule has 3 N–H and O–H groups in total. The van der Waals surface area contributed by atoms with E-state index in [4.69, 9.17) is 16.3 Å². The standard InChI is InChI=1S/C18H20ClN3O3/c1-25-10-9-20-18(24)13-3-2-4-16(11-13)22-17(23)12-21-15-7-5-14(19)6-8-15/h2-8,11,21H,9-10,12H2,1H3,(H,20,24)(H,22,23). The molecule has 0 radical (unpaired) electrons. The zero-order chi connectivity index (χ0) is 18.1. The molecule has 0 aliphatic rings. The predicted molar refractivity (Wildman–Crippen MR) is 99.2 cm³/mol. The number of carbonyl (C=O) groups is 2. The summed E-state index contributed by atoms with van der Waals surface area (Å²) in [7, 11) is 1.57. The largest absolute Gasteiger partial charge is 0.383 e. The van der Waals surface area contributed by atoms with Gasteiger partial charge >= 0.3 is 0 Å². The maximum absolute atomic E-state index is 12.0. The summed E-state index contributed by atoms with van der Waals surface area (Å²) in [5, 5.41) is 9.12. The van der Waals surface area contributed by atoms with Crippen molar-refractivity contribution in [3.63, 3.8) is 0 Å². The fourth-order valence-electron chi connectivity index (χ4n) is 2.06. The molecule has 0 fully saturated rings. The van der Waals surface area contributed by atoms with Crippen molar-refractivity contribution < 1.29 is 14.3 Å². The molecule has 0 aromatic heterocycles. The molecular weight excluding hydrogens is 342 g/mol. The van der Waals surface area contributed by atoms with Crippen molar-refractivity contribution in [2.45, 2.75) is 0 Å². The molecule has 2 aromatic carbocycles. The van der Waals surface area contributed by atoms with Crippen molar-refractivity contribution in [2.24, 2.45) is 0 Å². The van der Waals surface area contributed by atoms with Crippen LogP contribution in [0.3, 0.4) is 0 Å². The van der Waals surface area contributed by atoms with Crippen molar-refractivity contribution in [1.82, 2.24) is 5.32 Å². The third kappa shape index (κ3) is 6.45. The lowest BCUT2D eigenvalue weighted by molar-refractivity contribution is -0.114. The number of ether oxygens (including phenoxy) is 1. The average molecular weight is 362 g/mol. The van der Waals surface area contributed by atoms with E-state index in [-0.39, 0.29) is 18.4 Å². The zero-order valence-corrected chi connectivity index (χ0v) is 14.6. The summed E-state index contributed by atoms with van der Waals surface area (Å²) < 4.78 is 4.89. The van der Waals surface area contributed by atoms with Gasteiger partial charge in [-0.2, -0.15) is 0 Å². The minimum Gasteiger partial charge on any atom is -0.383 e. The summed E-state index contributed by atoms with van der Waals surface area (Å²) in [5.74, 6) is -0.431. The summed E-state index contributed by atoms with van der Waals surface area (Å²) >= 11 is 5.82. The quantitative estimate of drug-likeness (QED) is 0.632. The maximum Gasteiger partial charge on any atom is 0.251 e. The van der Waals surface area contributed by atoms with Crippen LogP contribution in [0, 0.1) is 0 Å². The van der Waals surface area contributed by atoms with Gasteiger partial charge in [-0.1, -0.05) is 17.7 Å². The van der Waals surface area contributed by atoms with Crippen LogP contribution in [-0.2, 0) is 9.53 Å². The van der Waals surface area contributed by atoms with E-state index >= 15 is 0 Å². The van der Waals surface area contributed by atoms with Crippen LogP contribution in [0.2, 0.25) is 5.02 Å². The van der Waals surface area contributed by atoms with Gasteiger partial charge in [0.05, 0.1) is 13.2 Å². The lowest BCUT2D eigenvalue weighted by Crippen LogP contribution is -2.27. The Kier molecular flexibility index (Phi) is 7.25. The number of nitrogens with one attached hydrogen (secondary N) is 3. The topological polar surface area (TPSA) is 79.5 Å². The first kappa shape index (κ1) is 18.8. The Morgan fingerprint density at radius 2 is 1.84 bits per heavy atom. The van der Waals surface area contributed by atoms with Crippen molar-refractivity contribution >= 4 is 34.8 Å². The molecule has 0 spiro atoms. The molecule has 0 unspecified atom stereocenters. The Balaban J connectivity index is 1.86. The van der Waals surface area contributed by atoms with E-state index in [9.17, 15) is 9.59 Å². The Morgan fingerprint density at radius 3 is 2.56 bits per heavy atom. The number of amides is 2. The van der Waals surface area contributed by atoms with Gasteiger partial charge in [0.25, 0.3) is 5.91 Å². The van der Waals surface area contributed by atoms with Crippen molar-refractivity contribution in [2.75, 3.05) is 37.4 Å². The van der Waals surface area contributed by atoms with Crippen LogP contribution in [-0.4, -0.2) is 38.6 Å². The first-order chi connectivity index (χ1) is 12.1. The fourth-order valence-corrected chi connectivity index (χ4v) is 2.19. The van der Waals surface area contributed by atoms with Crippen LogP contribution >= 0.6 is 11.6 Å². The average Bonchev–Trinajstić information content (AvgIpc) is 2.61. The van der Waals surface area contributed by atoms with Crippen molar-refractivity contribution in [1.29, 1.82) is 0 Å². The molecule has 0 atom stereocenters. The highest BCUT2D eigenvalue weighted by Gasteiger charge is 2.07. The number of anilines is 2. The molecule has 7 heteroatoms. The van der Waals surface area contributed by atoms with Crippen LogP contribution in [0.25, 0.3) is 0 Å². The lowest BCUT2D eigenvalue weighted by Gasteiger charge is -2.09. The van der Waals surface area contributed by atoms with Crippen LogP contribution in [0.15, 0.2) is 48.5 Å². The Labute approximate surface area is 151 Å². The maximum atomic E-state index is 12.0. The highest BCUT2D eigenvalue weighted by atomic mass is 35.5. The summed E-state index contributed by atoms with van der Waals surface area (Å²) in [6.07, 6.45) is 0. The molecule has 0 aliphatic carbocycles. The molecule has 25 heavy (non-hydrogen) atoms. The van der Waals surface area contributed by atoms with Gasteiger partial charge in [-0.3, -0.25) is 9.59 Å². The van der Waals surface area contributed by atoms with E-state index in [1.807, 2.05) is 0 Å². The molecule has 2 rings (SSSR count). The van der Waals surface area contributed by atoms with Gasteiger partial charge in [0.2, 0.25) is 5.91 Å². The summed E-state index contributed by atoms with van der Waals surface area (Å²) in [4.78, 5) is 24.0. The van der Waals surface area contributed by atoms with E-state index in [1.54, 1.807) is 55.6 Å². The number of methoxy groups -OCH3 is 1. The smallest absolute Gasteiger partial charge is 0.251 e. The molecule has 0 bridgehead atoms. The van der Waals surface area contributed by atoms with Gasteiger partial charge in [0.1, 0.15) is 0 Å². The molecule has 0 aliphatic heterocycles. The van der Waals surface area contributed by atoms with E-state index in [2.05, 4.69) is 16.0 Å². The van der Waals surface area contributed by atoms with Crippen LogP contribution in [0.1, 0.15) is 10.4 Å². The first-order valence-electron chi connectivity index (χ1n) is 7.75. The molecule has 0 saturated heterocycles. The lowest BCUT2D eigenvalue weighted by atomic mass is 10.2. The number of hydrogen-bond acceptors (Lipinski definition) is 4. The molecule has 132 valence electrons. The minimum atomic E-state index is -0.216. The molecule has 0 saturated carbocycles. The van der Waals surface area contributed by atoms with Gasteiger partial charge < -0.3 is 20.7 Å². The number of rotatable bonds is 8. The molecule has 2 amide bonds. The Morgan fingerprint density at radius 1 is 1.08 bits per heavy atom. The van der Waals surface area contributed by atoms with E-state index < -0.39 is 0 Å². The second kappa shape index (κ2) is 9.66.